The number of amides is 2. The number of carbonyl (C=O) groups excluding carboxylic acids is 2. The Kier molecular flexibility index (Phi) is 2.95. The van der Waals surface area contributed by atoms with E-state index in [1.165, 1.54) is 0 Å². The molecule has 1 aromatic carbocycles. The van der Waals surface area contributed by atoms with Crippen molar-refractivity contribution in [2.45, 2.75) is 24.9 Å². The Labute approximate surface area is 115 Å². The Morgan fingerprint density at radius 1 is 1.37 bits per heavy atom. The Balaban J connectivity index is 2.05. The van der Waals surface area contributed by atoms with Gasteiger partial charge < -0.3 is 16.0 Å². The van der Waals surface area contributed by atoms with Crippen LogP contribution in [0.25, 0.3) is 0 Å². The molecule has 2 aliphatic rings. The molecule has 0 aliphatic carbocycles. The van der Waals surface area contributed by atoms with Crippen LogP contribution in [0.5, 0.6) is 0 Å². The summed E-state index contributed by atoms with van der Waals surface area (Å²) in [5.74, 6) is -0.327. The summed E-state index contributed by atoms with van der Waals surface area (Å²) in [6, 6.07) is 4.38. The van der Waals surface area contributed by atoms with Gasteiger partial charge >= 0.3 is 0 Å². The van der Waals surface area contributed by atoms with Gasteiger partial charge in [-0.25, -0.2) is 0 Å². The number of hydrogen-bond acceptors (Lipinski definition) is 3. The van der Waals surface area contributed by atoms with Gasteiger partial charge in [0.15, 0.2) is 0 Å². The van der Waals surface area contributed by atoms with Crippen molar-refractivity contribution in [2.75, 3.05) is 11.9 Å². The first-order chi connectivity index (χ1) is 9.06. The van der Waals surface area contributed by atoms with Gasteiger partial charge in [-0.05, 0) is 31.0 Å². The van der Waals surface area contributed by atoms with Gasteiger partial charge in [-0.1, -0.05) is 11.6 Å². The molecule has 2 unspecified atom stereocenters. The predicted molar refractivity (Wildman–Crippen MR) is 72.1 cm³/mol. The average molecular weight is 280 g/mol. The maximum absolute atomic E-state index is 12.5. The van der Waals surface area contributed by atoms with Crippen LogP contribution < -0.4 is 11.1 Å². The molecular formula is C13H14ClN3O2. The number of nitrogens with one attached hydrogen (secondary N) is 1. The molecule has 1 fully saturated rings. The minimum Gasteiger partial charge on any atom is -0.328 e. The van der Waals surface area contributed by atoms with Gasteiger partial charge in [-0.3, -0.25) is 9.59 Å². The smallest absolute Gasteiger partial charge is 0.256 e. The van der Waals surface area contributed by atoms with Gasteiger partial charge in [-0.15, -0.1) is 0 Å². The minimum atomic E-state index is -0.484. The van der Waals surface area contributed by atoms with Crippen molar-refractivity contribution < 1.29 is 9.59 Å². The molecule has 1 aromatic rings. The number of benzene rings is 1. The Morgan fingerprint density at radius 3 is 2.95 bits per heavy atom. The highest BCUT2D eigenvalue weighted by Crippen LogP contribution is 2.29. The summed E-state index contributed by atoms with van der Waals surface area (Å²) in [5, 5.41) is 3.26. The molecule has 2 heterocycles. The third kappa shape index (κ3) is 2.09. The van der Waals surface area contributed by atoms with E-state index in [9.17, 15) is 9.59 Å². The second kappa shape index (κ2) is 4.51. The Bertz CT molecular complexity index is 561. The third-order valence-corrected chi connectivity index (χ3v) is 3.91. The highest BCUT2D eigenvalue weighted by Gasteiger charge is 2.38. The number of hydrogen-bond donors (Lipinski definition) is 2. The number of rotatable bonds is 0. The molecule has 0 spiro atoms. The van der Waals surface area contributed by atoms with E-state index in [0.717, 1.165) is 6.42 Å². The van der Waals surface area contributed by atoms with Crippen molar-refractivity contribution in [1.29, 1.82) is 0 Å². The van der Waals surface area contributed by atoms with E-state index in [2.05, 4.69) is 5.32 Å². The predicted octanol–water partition coefficient (Wildman–Crippen LogP) is 1.22. The Morgan fingerprint density at radius 2 is 2.16 bits per heavy atom. The summed E-state index contributed by atoms with van der Waals surface area (Å²) >= 11 is 5.91. The van der Waals surface area contributed by atoms with Gasteiger partial charge in [-0.2, -0.15) is 0 Å². The molecule has 2 aliphatic heterocycles. The number of anilines is 1. The van der Waals surface area contributed by atoms with Crippen molar-refractivity contribution >= 4 is 29.1 Å². The quantitative estimate of drug-likeness (QED) is 0.750. The standard InChI is InChI=1S/C13H14ClN3O2/c14-7-1-2-9-10(5-7)16-12(18)11-6-8(15)3-4-17(11)13(9)19/h1-2,5,8,11H,3-4,6,15H2,(H,16,18). The average Bonchev–Trinajstić information content (AvgIpc) is 2.46. The summed E-state index contributed by atoms with van der Waals surface area (Å²) in [4.78, 5) is 26.3. The lowest BCUT2D eigenvalue weighted by atomic mass is 9.97. The first-order valence-electron chi connectivity index (χ1n) is 6.23. The topological polar surface area (TPSA) is 75.4 Å². The molecule has 6 heteroatoms. The Hall–Kier alpha value is -1.59. The molecule has 1 saturated heterocycles. The van der Waals surface area contributed by atoms with E-state index >= 15 is 0 Å². The zero-order valence-corrected chi connectivity index (χ0v) is 11.0. The van der Waals surface area contributed by atoms with Crippen molar-refractivity contribution in [3.63, 3.8) is 0 Å². The maximum atomic E-state index is 12.5. The fourth-order valence-electron chi connectivity index (χ4n) is 2.66. The van der Waals surface area contributed by atoms with Crippen LogP contribution in [-0.4, -0.2) is 35.3 Å². The highest BCUT2D eigenvalue weighted by atomic mass is 35.5. The van der Waals surface area contributed by atoms with Crippen LogP contribution in [0.15, 0.2) is 18.2 Å². The van der Waals surface area contributed by atoms with E-state index in [-0.39, 0.29) is 17.9 Å². The lowest BCUT2D eigenvalue weighted by molar-refractivity contribution is -0.121. The van der Waals surface area contributed by atoms with Gasteiger partial charge in [0.25, 0.3) is 5.91 Å². The third-order valence-electron chi connectivity index (χ3n) is 3.68. The zero-order chi connectivity index (χ0) is 13.6. The molecule has 0 bridgehead atoms. The number of piperidine rings is 1. The second-order valence-electron chi connectivity index (χ2n) is 4.98. The van der Waals surface area contributed by atoms with Crippen LogP contribution in [0.3, 0.4) is 0 Å². The van der Waals surface area contributed by atoms with Gasteiger partial charge in [0.2, 0.25) is 5.91 Å². The molecular weight excluding hydrogens is 266 g/mol. The normalized spacial score (nSPS) is 26.3. The number of nitrogens with zero attached hydrogens (tertiary/aromatic N) is 1. The molecule has 0 radical (unpaired) electrons. The van der Waals surface area contributed by atoms with Crippen molar-refractivity contribution in [3.8, 4) is 0 Å². The molecule has 2 amide bonds. The van der Waals surface area contributed by atoms with Crippen LogP contribution in [-0.2, 0) is 4.79 Å². The van der Waals surface area contributed by atoms with Crippen LogP contribution in [0.4, 0.5) is 5.69 Å². The van der Waals surface area contributed by atoms with Gasteiger partial charge in [0.1, 0.15) is 6.04 Å². The lowest BCUT2D eigenvalue weighted by Crippen LogP contribution is -2.53. The fourth-order valence-corrected chi connectivity index (χ4v) is 2.83. The second-order valence-corrected chi connectivity index (χ2v) is 5.41. The van der Waals surface area contributed by atoms with E-state index in [1.807, 2.05) is 0 Å². The number of carbonyl (C=O) groups is 2. The van der Waals surface area contributed by atoms with E-state index < -0.39 is 6.04 Å². The largest absolute Gasteiger partial charge is 0.328 e. The summed E-state index contributed by atoms with van der Waals surface area (Å²) in [5.41, 5.74) is 6.85. The molecule has 3 N–H and O–H groups in total. The first kappa shape index (κ1) is 12.4. The van der Waals surface area contributed by atoms with Crippen molar-refractivity contribution in [1.82, 2.24) is 4.90 Å². The van der Waals surface area contributed by atoms with Crippen molar-refractivity contribution in [3.05, 3.63) is 28.8 Å². The van der Waals surface area contributed by atoms with Crippen molar-refractivity contribution in [2.24, 2.45) is 5.73 Å². The highest BCUT2D eigenvalue weighted by molar-refractivity contribution is 6.31. The molecule has 19 heavy (non-hydrogen) atoms. The number of halogens is 1. The summed E-state index contributed by atoms with van der Waals surface area (Å²) < 4.78 is 0. The van der Waals surface area contributed by atoms with Gasteiger partial charge in [0.05, 0.1) is 11.3 Å². The summed E-state index contributed by atoms with van der Waals surface area (Å²) in [7, 11) is 0. The SMILES string of the molecule is NC1CCN2C(=O)c3ccc(Cl)cc3NC(=O)C2C1. The van der Waals surface area contributed by atoms with E-state index in [4.69, 9.17) is 17.3 Å². The summed E-state index contributed by atoms with van der Waals surface area (Å²) in [6.07, 6.45) is 1.22. The van der Waals surface area contributed by atoms with E-state index in [0.29, 0.717) is 29.2 Å². The van der Waals surface area contributed by atoms with E-state index in [1.54, 1.807) is 23.1 Å². The summed E-state index contributed by atoms with van der Waals surface area (Å²) in [6.45, 7) is 0.514. The molecule has 0 saturated carbocycles. The van der Waals surface area contributed by atoms with Gasteiger partial charge in [0, 0.05) is 17.6 Å². The van der Waals surface area contributed by atoms with Crippen LogP contribution in [0.1, 0.15) is 23.2 Å². The number of fused-ring (bicyclic) bond motifs is 2. The molecule has 2 atom stereocenters. The maximum Gasteiger partial charge on any atom is 0.256 e. The first-order valence-corrected chi connectivity index (χ1v) is 6.61. The molecule has 5 nitrogen and oxygen atoms in total. The van der Waals surface area contributed by atoms with Crippen LogP contribution in [0.2, 0.25) is 5.02 Å². The molecule has 100 valence electrons. The molecule has 3 rings (SSSR count). The molecule has 0 aromatic heterocycles. The number of nitrogens with two attached hydrogens (primary N) is 1. The van der Waals surface area contributed by atoms with Crippen LogP contribution in [0, 0.1) is 0 Å². The van der Waals surface area contributed by atoms with Crippen LogP contribution >= 0.6 is 11.6 Å². The lowest BCUT2D eigenvalue weighted by Gasteiger charge is -2.35. The monoisotopic (exact) mass is 279 g/mol. The minimum absolute atomic E-state index is 0.0374. The zero-order valence-electron chi connectivity index (χ0n) is 10.2. The fraction of sp³-hybridized carbons (Fsp3) is 0.385.